The monoisotopic (exact) mass is 598 g/mol. The number of benzene rings is 3. The van der Waals surface area contributed by atoms with Gasteiger partial charge in [-0.1, -0.05) is 35.3 Å². The maximum Gasteiger partial charge on any atom is 0.411 e. The van der Waals surface area contributed by atoms with E-state index in [1.807, 2.05) is 12.1 Å². The second-order valence-corrected chi connectivity index (χ2v) is 11.7. The second-order valence-electron chi connectivity index (χ2n) is 10.9. The summed E-state index contributed by atoms with van der Waals surface area (Å²) in [4.78, 5) is 38.6. The van der Waals surface area contributed by atoms with Crippen LogP contribution in [0.1, 0.15) is 53.9 Å². The molecule has 0 radical (unpaired) electrons. The van der Waals surface area contributed by atoms with Gasteiger partial charge in [0.2, 0.25) is 0 Å². The van der Waals surface area contributed by atoms with Crippen LogP contribution in [0.2, 0.25) is 10.0 Å². The molecule has 41 heavy (non-hydrogen) atoms. The van der Waals surface area contributed by atoms with Crippen molar-refractivity contribution in [3.05, 3.63) is 86.9 Å². The number of halogens is 2. The minimum absolute atomic E-state index is 0.0652. The number of carboxylic acids is 1. The number of carboxylic acid groups (broad SMARTS) is 1. The lowest BCUT2D eigenvalue weighted by atomic mass is 9.93. The summed E-state index contributed by atoms with van der Waals surface area (Å²) >= 11 is 12.0. The number of nitrogens with one attached hydrogen (secondary N) is 1. The summed E-state index contributed by atoms with van der Waals surface area (Å²) in [5.74, 6) is -0.416. The van der Waals surface area contributed by atoms with Crippen LogP contribution in [0.5, 0.6) is 11.5 Å². The van der Waals surface area contributed by atoms with E-state index in [4.69, 9.17) is 37.4 Å². The van der Waals surface area contributed by atoms with Crippen LogP contribution in [0.15, 0.2) is 54.6 Å². The topological polar surface area (TPSA) is 114 Å². The predicted molar refractivity (Wildman–Crippen MR) is 153 cm³/mol. The zero-order valence-corrected chi connectivity index (χ0v) is 24.1. The minimum atomic E-state index is -1.10. The summed E-state index contributed by atoms with van der Waals surface area (Å²) < 4.78 is 17.7. The molecular formula is C30H28Cl2N2O7. The molecule has 9 nitrogen and oxygen atoms in total. The molecule has 214 valence electrons. The fourth-order valence-corrected chi connectivity index (χ4v) is 4.97. The van der Waals surface area contributed by atoms with E-state index in [0.717, 1.165) is 16.7 Å². The molecule has 2 amide bonds. The van der Waals surface area contributed by atoms with Crippen LogP contribution in [0, 0.1) is 0 Å². The van der Waals surface area contributed by atoms with Gasteiger partial charge in [-0.2, -0.15) is 0 Å². The molecule has 3 aromatic carbocycles. The summed E-state index contributed by atoms with van der Waals surface area (Å²) in [5, 5.41) is 13.3. The van der Waals surface area contributed by atoms with Gasteiger partial charge in [0.05, 0.1) is 16.6 Å². The Balaban J connectivity index is 1.30. The summed E-state index contributed by atoms with van der Waals surface area (Å²) in [6.07, 6.45) is -0.980. The first-order chi connectivity index (χ1) is 19.4. The second kappa shape index (κ2) is 11.1. The normalized spacial score (nSPS) is 17.8. The Morgan fingerprint density at radius 2 is 1.68 bits per heavy atom. The van der Waals surface area contributed by atoms with Gasteiger partial charge in [-0.05, 0) is 79.9 Å². The van der Waals surface area contributed by atoms with E-state index in [2.05, 4.69) is 5.32 Å². The average molecular weight is 599 g/mol. The van der Waals surface area contributed by atoms with Gasteiger partial charge in [0.1, 0.15) is 18.2 Å². The lowest BCUT2D eigenvalue weighted by molar-refractivity contribution is -0.143. The number of carbonyl (C=O) groups excluding carboxylic acids is 2. The van der Waals surface area contributed by atoms with Crippen molar-refractivity contribution in [3.8, 4) is 11.5 Å². The molecule has 1 unspecified atom stereocenters. The van der Waals surface area contributed by atoms with Crippen molar-refractivity contribution in [2.24, 2.45) is 0 Å². The van der Waals surface area contributed by atoms with Crippen molar-refractivity contribution < 1.29 is 33.7 Å². The summed E-state index contributed by atoms with van der Waals surface area (Å²) in [6, 6.07) is 14.4. The number of rotatable bonds is 4. The number of fused-ring (bicyclic) bond motifs is 2. The Labute approximate surface area is 246 Å². The van der Waals surface area contributed by atoms with E-state index in [0.29, 0.717) is 32.8 Å². The zero-order valence-electron chi connectivity index (χ0n) is 22.6. The fraction of sp³-hybridized carbons (Fsp3) is 0.300. The third-order valence-electron chi connectivity index (χ3n) is 6.69. The van der Waals surface area contributed by atoms with Crippen LogP contribution in [-0.2, 0) is 22.5 Å². The molecule has 0 bridgehead atoms. The van der Waals surface area contributed by atoms with Gasteiger partial charge in [0, 0.05) is 17.7 Å². The molecule has 0 aromatic heterocycles. The Hall–Kier alpha value is -3.95. The van der Waals surface area contributed by atoms with Gasteiger partial charge in [0.15, 0.2) is 17.6 Å². The summed E-state index contributed by atoms with van der Waals surface area (Å²) in [7, 11) is 0. The van der Waals surface area contributed by atoms with Crippen molar-refractivity contribution in [2.45, 2.75) is 51.5 Å². The number of ether oxygens (including phenoxy) is 3. The number of anilines is 1. The lowest BCUT2D eigenvalue weighted by Gasteiger charge is -2.36. The van der Waals surface area contributed by atoms with Crippen LogP contribution in [-0.4, -0.2) is 46.2 Å². The highest BCUT2D eigenvalue weighted by Crippen LogP contribution is 2.41. The van der Waals surface area contributed by atoms with Gasteiger partial charge in [-0.3, -0.25) is 9.69 Å². The van der Waals surface area contributed by atoms with Gasteiger partial charge in [-0.25, -0.2) is 9.59 Å². The van der Waals surface area contributed by atoms with Crippen molar-refractivity contribution in [1.82, 2.24) is 4.90 Å². The van der Waals surface area contributed by atoms with E-state index in [9.17, 15) is 19.5 Å². The van der Waals surface area contributed by atoms with Crippen LogP contribution in [0.25, 0.3) is 0 Å². The first-order valence-electron chi connectivity index (χ1n) is 12.9. The molecule has 0 fully saturated rings. The fourth-order valence-electron chi connectivity index (χ4n) is 4.67. The predicted octanol–water partition coefficient (Wildman–Crippen LogP) is 6.50. The van der Waals surface area contributed by atoms with E-state index < -0.39 is 29.8 Å². The van der Waals surface area contributed by atoms with E-state index in [1.54, 1.807) is 57.2 Å². The van der Waals surface area contributed by atoms with Gasteiger partial charge < -0.3 is 24.6 Å². The molecule has 0 saturated heterocycles. The first-order valence-corrected chi connectivity index (χ1v) is 13.7. The van der Waals surface area contributed by atoms with Crippen molar-refractivity contribution in [3.63, 3.8) is 0 Å². The molecule has 2 atom stereocenters. The number of carbonyl (C=O) groups is 3. The third kappa shape index (κ3) is 6.36. The lowest BCUT2D eigenvalue weighted by Crippen LogP contribution is -2.50. The largest absolute Gasteiger partial charge is 0.485 e. The molecule has 5 rings (SSSR count). The van der Waals surface area contributed by atoms with Crippen LogP contribution in [0.4, 0.5) is 10.5 Å². The highest BCUT2D eigenvalue weighted by Gasteiger charge is 2.38. The number of hydrogen-bond acceptors (Lipinski definition) is 6. The highest BCUT2D eigenvalue weighted by molar-refractivity contribution is 6.42. The quantitative estimate of drug-likeness (QED) is 0.352. The van der Waals surface area contributed by atoms with Crippen LogP contribution >= 0.6 is 23.2 Å². The van der Waals surface area contributed by atoms with Crippen LogP contribution < -0.4 is 14.8 Å². The summed E-state index contributed by atoms with van der Waals surface area (Å²) in [6.45, 7) is 5.51. The smallest absolute Gasteiger partial charge is 0.411 e. The molecule has 2 heterocycles. The van der Waals surface area contributed by atoms with Crippen molar-refractivity contribution in [1.29, 1.82) is 0 Å². The van der Waals surface area contributed by atoms with Crippen molar-refractivity contribution in [2.75, 3.05) is 11.9 Å². The van der Waals surface area contributed by atoms with E-state index in [-0.39, 0.29) is 25.5 Å². The average Bonchev–Trinajstić information content (AvgIpc) is 2.91. The van der Waals surface area contributed by atoms with Crippen LogP contribution in [0.3, 0.4) is 0 Å². The zero-order chi connectivity index (χ0) is 29.5. The number of amides is 2. The van der Waals surface area contributed by atoms with Gasteiger partial charge in [0.25, 0.3) is 5.91 Å². The number of nitrogens with zero attached hydrogens (tertiary/aromatic N) is 1. The Kier molecular flexibility index (Phi) is 7.76. The Bertz CT molecular complexity index is 1520. The Morgan fingerprint density at radius 1 is 0.976 bits per heavy atom. The van der Waals surface area contributed by atoms with Gasteiger partial charge in [-0.15, -0.1) is 0 Å². The minimum Gasteiger partial charge on any atom is -0.485 e. The molecule has 2 N–H and O–H groups in total. The SMILES string of the molecule is CC(C)(C)OC(=O)N1Cc2cc3c(cc2CC1C(=O)O)OC[C@H](c1ccc(NC(=O)c2ccc(Cl)c(Cl)c2)cc1)O3. The number of aliphatic carboxylic acids is 1. The highest BCUT2D eigenvalue weighted by atomic mass is 35.5. The molecule has 2 aliphatic rings. The van der Waals surface area contributed by atoms with Crippen molar-refractivity contribution >= 4 is 46.9 Å². The molecule has 0 saturated carbocycles. The molecule has 3 aromatic rings. The molecule has 0 spiro atoms. The molecular weight excluding hydrogens is 571 g/mol. The summed E-state index contributed by atoms with van der Waals surface area (Å²) in [5.41, 5.74) is 2.58. The standard InChI is InChI=1S/C30H28Cl2N2O7/c1-30(2,3)41-29(38)34-14-19-13-25-24(12-18(19)11-23(34)28(36)37)39-15-26(40-25)16-4-7-20(8-5-16)33-27(35)17-6-9-21(31)22(32)10-17/h4-10,12-13,23,26H,11,14-15H2,1-3H3,(H,33,35)(H,36,37)/t23?,26-/m1/s1. The maximum atomic E-state index is 12.8. The molecule has 0 aliphatic carbocycles. The van der Waals surface area contributed by atoms with E-state index >= 15 is 0 Å². The van der Waals surface area contributed by atoms with Gasteiger partial charge >= 0.3 is 12.1 Å². The maximum absolute atomic E-state index is 12.8. The molecule has 11 heteroatoms. The molecule has 2 aliphatic heterocycles. The number of hydrogen-bond donors (Lipinski definition) is 2. The third-order valence-corrected chi connectivity index (χ3v) is 7.43. The first kappa shape index (κ1) is 28.6. The van der Waals surface area contributed by atoms with E-state index in [1.165, 1.54) is 11.0 Å². The Morgan fingerprint density at radius 3 is 2.34 bits per heavy atom.